The Bertz CT molecular complexity index is 753. The fourth-order valence-corrected chi connectivity index (χ4v) is 1.94. The summed E-state index contributed by atoms with van der Waals surface area (Å²) < 4.78 is 1.82. The summed E-state index contributed by atoms with van der Waals surface area (Å²) in [5.41, 5.74) is 2.99. The Morgan fingerprint density at radius 2 is 2.00 bits per heavy atom. The van der Waals surface area contributed by atoms with Crippen LogP contribution in [0, 0.1) is 11.3 Å². The number of nitrogens with zero attached hydrogens (tertiary/aromatic N) is 4. The van der Waals surface area contributed by atoms with Crippen molar-refractivity contribution in [2.75, 3.05) is 0 Å². The predicted molar refractivity (Wildman–Crippen MR) is 68.1 cm³/mol. The molecule has 4 nitrogen and oxygen atoms in total. The lowest BCUT2D eigenvalue weighted by atomic mass is 10.1. The van der Waals surface area contributed by atoms with Crippen molar-refractivity contribution in [1.29, 1.82) is 5.26 Å². The highest BCUT2D eigenvalue weighted by molar-refractivity contribution is 6.32. The minimum absolute atomic E-state index is 0.373. The highest BCUT2D eigenvalue weighted by atomic mass is 35.5. The molecule has 0 atom stereocenters. The van der Waals surface area contributed by atoms with Crippen LogP contribution in [0.25, 0.3) is 16.9 Å². The van der Waals surface area contributed by atoms with Crippen LogP contribution in [0.4, 0.5) is 0 Å². The van der Waals surface area contributed by atoms with Gasteiger partial charge < -0.3 is 4.40 Å². The lowest BCUT2D eigenvalue weighted by molar-refractivity contribution is 1.13. The van der Waals surface area contributed by atoms with E-state index in [1.54, 1.807) is 24.5 Å². The summed E-state index contributed by atoms with van der Waals surface area (Å²) in [4.78, 5) is 8.40. The molecule has 0 bridgehead atoms. The molecule has 0 aliphatic heterocycles. The van der Waals surface area contributed by atoms with Crippen molar-refractivity contribution in [3.63, 3.8) is 0 Å². The third-order valence-electron chi connectivity index (χ3n) is 2.64. The first-order chi connectivity index (χ1) is 8.78. The molecule has 0 N–H and O–H groups in total. The van der Waals surface area contributed by atoms with Gasteiger partial charge in [0.25, 0.3) is 0 Å². The second kappa shape index (κ2) is 4.13. The zero-order valence-corrected chi connectivity index (χ0v) is 9.96. The molecule has 86 valence electrons. The highest BCUT2D eigenvalue weighted by Gasteiger charge is 2.07. The zero-order valence-electron chi connectivity index (χ0n) is 9.21. The van der Waals surface area contributed by atoms with E-state index in [-0.39, 0.29) is 0 Å². The SMILES string of the molecule is N#Cc1ccc(-c2cn3ccnc(Cl)c3n2)cc1. The molecule has 0 aliphatic rings. The van der Waals surface area contributed by atoms with Gasteiger partial charge in [-0.15, -0.1) is 0 Å². The molecule has 2 aromatic heterocycles. The van der Waals surface area contributed by atoms with Crippen LogP contribution < -0.4 is 0 Å². The van der Waals surface area contributed by atoms with E-state index in [0.717, 1.165) is 11.3 Å². The Hall–Kier alpha value is -2.38. The molecule has 0 saturated carbocycles. The van der Waals surface area contributed by atoms with Gasteiger partial charge >= 0.3 is 0 Å². The molecule has 0 fully saturated rings. The molecular formula is C13H7ClN4. The van der Waals surface area contributed by atoms with Gasteiger partial charge in [0.2, 0.25) is 0 Å². The summed E-state index contributed by atoms with van der Waals surface area (Å²) in [5.74, 6) is 0. The third kappa shape index (κ3) is 1.71. The van der Waals surface area contributed by atoms with Gasteiger partial charge in [-0.2, -0.15) is 5.26 Å². The van der Waals surface area contributed by atoms with E-state index in [2.05, 4.69) is 16.0 Å². The van der Waals surface area contributed by atoms with Crippen LogP contribution in [0.15, 0.2) is 42.9 Å². The Balaban J connectivity index is 2.14. The fourth-order valence-electron chi connectivity index (χ4n) is 1.74. The van der Waals surface area contributed by atoms with E-state index < -0.39 is 0 Å². The number of benzene rings is 1. The number of rotatable bonds is 1. The van der Waals surface area contributed by atoms with Crippen LogP contribution in [0.2, 0.25) is 5.15 Å². The maximum Gasteiger partial charge on any atom is 0.175 e. The average molecular weight is 255 g/mol. The standard InChI is InChI=1S/C13H7ClN4/c14-12-13-17-11(8-18(13)6-5-16-12)10-3-1-9(7-15)2-4-10/h1-6,8H. The first kappa shape index (κ1) is 10.8. The maximum absolute atomic E-state index is 8.75. The largest absolute Gasteiger partial charge is 0.302 e. The Morgan fingerprint density at radius 3 is 2.67 bits per heavy atom. The lowest BCUT2D eigenvalue weighted by Crippen LogP contribution is -1.84. The maximum atomic E-state index is 8.75. The minimum Gasteiger partial charge on any atom is -0.302 e. The van der Waals surface area contributed by atoms with Crippen LogP contribution in [0.5, 0.6) is 0 Å². The Morgan fingerprint density at radius 1 is 1.22 bits per heavy atom. The van der Waals surface area contributed by atoms with Crippen LogP contribution in [0.1, 0.15) is 5.56 Å². The van der Waals surface area contributed by atoms with Crippen LogP contribution in [-0.4, -0.2) is 14.4 Å². The van der Waals surface area contributed by atoms with Crippen molar-refractivity contribution < 1.29 is 0 Å². The smallest absolute Gasteiger partial charge is 0.175 e. The highest BCUT2D eigenvalue weighted by Crippen LogP contribution is 2.21. The van der Waals surface area contributed by atoms with Gasteiger partial charge in [-0.25, -0.2) is 9.97 Å². The van der Waals surface area contributed by atoms with Crippen LogP contribution in [0.3, 0.4) is 0 Å². The fraction of sp³-hybridized carbons (Fsp3) is 0. The number of imidazole rings is 1. The molecular weight excluding hydrogens is 248 g/mol. The van der Waals surface area contributed by atoms with Crippen LogP contribution >= 0.6 is 11.6 Å². The number of hydrogen-bond donors (Lipinski definition) is 0. The van der Waals surface area contributed by atoms with E-state index >= 15 is 0 Å². The Kier molecular flexibility index (Phi) is 2.47. The van der Waals surface area contributed by atoms with Crippen molar-refractivity contribution in [3.8, 4) is 17.3 Å². The molecule has 0 saturated heterocycles. The van der Waals surface area contributed by atoms with Gasteiger partial charge in [-0.05, 0) is 12.1 Å². The molecule has 18 heavy (non-hydrogen) atoms. The second-order valence-electron chi connectivity index (χ2n) is 3.76. The lowest BCUT2D eigenvalue weighted by Gasteiger charge is -1.94. The normalized spacial score (nSPS) is 10.4. The second-order valence-corrected chi connectivity index (χ2v) is 4.12. The van der Waals surface area contributed by atoms with E-state index in [1.165, 1.54) is 0 Å². The van der Waals surface area contributed by atoms with Crippen molar-refractivity contribution >= 4 is 17.2 Å². The molecule has 5 heteroatoms. The van der Waals surface area contributed by atoms with Crippen molar-refractivity contribution in [3.05, 3.63) is 53.6 Å². The molecule has 0 radical (unpaired) electrons. The number of halogens is 1. The van der Waals surface area contributed by atoms with Gasteiger partial charge in [-0.1, -0.05) is 23.7 Å². The monoisotopic (exact) mass is 254 g/mol. The summed E-state index contributed by atoms with van der Waals surface area (Å²) in [5, 5.41) is 9.13. The van der Waals surface area contributed by atoms with E-state index in [1.807, 2.05) is 22.7 Å². The molecule has 2 heterocycles. The molecule has 1 aromatic carbocycles. The number of fused-ring (bicyclic) bond motifs is 1. The summed E-state index contributed by atoms with van der Waals surface area (Å²) in [6, 6.07) is 9.34. The molecule has 0 unspecified atom stereocenters. The summed E-state index contributed by atoms with van der Waals surface area (Å²) in [6.45, 7) is 0. The van der Waals surface area contributed by atoms with Gasteiger partial charge in [0.1, 0.15) is 0 Å². The van der Waals surface area contributed by atoms with Gasteiger partial charge in [-0.3, -0.25) is 0 Å². The summed E-state index contributed by atoms with van der Waals surface area (Å²) in [7, 11) is 0. The quantitative estimate of drug-likeness (QED) is 0.671. The minimum atomic E-state index is 0.373. The summed E-state index contributed by atoms with van der Waals surface area (Å²) >= 11 is 5.97. The third-order valence-corrected chi connectivity index (χ3v) is 2.91. The molecule has 3 aromatic rings. The number of aromatic nitrogens is 3. The number of hydrogen-bond acceptors (Lipinski definition) is 3. The first-order valence-electron chi connectivity index (χ1n) is 5.27. The Labute approximate surface area is 108 Å². The van der Waals surface area contributed by atoms with Crippen LogP contribution in [-0.2, 0) is 0 Å². The summed E-state index contributed by atoms with van der Waals surface area (Å²) in [6.07, 6.45) is 5.30. The average Bonchev–Trinajstić information content (AvgIpc) is 2.84. The predicted octanol–water partition coefficient (Wildman–Crippen LogP) is 2.92. The van der Waals surface area contributed by atoms with Crippen molar-refractivity contribution in [2.24, 2.45) is 0 Å². The van der Waals surface area contributed by atoms with Crippen molar-refractivity contribution in [2.45, 2.75) is 0 Å². The topological polar surface area (TPSA) is 54.0 Å². The van der Waals surface area contributed by atoms with Gasteiger partial charge in [0.05, 0.1) is 17.3 Å². The first-order valence-corrected chi connectivity index (χ1v) is 5.65. The van der Waals surface area contributed by atoms with E-state index in [4.69, 9.17) is 16.9 Å². The van der Waals surface area contributed by atoms with E-state index in [0.29, 0.717) is 16.4 Å². The zero-order chi connectivity index (χ0) is 12.5. The molecule has 0 spiro atoms. The molecule has 0 amide bonds. The van der Waals surface area contributed by atoms with Gasteiger partial charge in [0.15, 0.2) is 10.8 Å². The van der Waals surface area contributed by atoms with E-state index in [9.17, 15) is 0 Å². The molecule has 0 aliphatic carbocycles. The number of nitriles is 1. The molecule has 3 rings (SSSR count). The van der Waals surface area contributed by atoms with Crippen molar-refractivity contribution in [1.82, 2.24) is 14.4 Å². The van der Waals surface area contributed by atoms with Gasteiger partial charge in [0, 0.05) is 24.2 Å².